The average molecular weight is 551 g/mol. The van der Waals surface area contributed by atoms with Crippen molar-refractivity contribution >= 4 is 39.0 Å². The fraction of sp³-hybridized carbons (Fsp3) is 0.188. The van der Waals surface area contributed by atoms with Crippen molar-refractivity contribution in [1.29, 1.82) is 0 Å². The van der Waals surface area contributed by atoms with E-state index in [9.17, 15) is 9.59 Å². The number of hydrogen-bond acceptors (Lipinski definition) is 6. The number of carbonyl (C=O) groups is 1. The molecule has 41 heavy (non-hydrogen) atoms. The lowest BCUT2D eigenvalue weighted by Crippen LogP contribution is -2.42. The highest BCUT2D eigenvalue weighted by Gasteiger charge is 2.30. The summed E-state index contributed by atoms with van der Waals surface area (Å²) in [4.78, 5) is 28.8. The molecule has 0 aliphatic carbocycles. The third-order valence-corrected chi connectivity index (χ3v) is 7.72. The number of nitrogens with zero attached hydrogens (tertiary/aromatic N) is 2. The van der Waals surface area contributed by atoms with E-state index < -0.39 is 17.2 Å². The zero-order valence-corrected chi connectivity index (χ0v) is 22.2. The Kier molecular flexibility index (Phi) is 6.09. The summed E-state index contributed by atoms with van der Waals surface area (Å²) in [5.41, 5.74) is 8.20. The third kappa shape index (κ3) is 4.35. The molecule has 1 saturated heterocycles. The monoisotopic (exact) mass is 550 g/mol. The lowest BCUT2D eigenvalue weighted by molar-refractivity contribution is 0.0302. The van der Waals surface area contributed by atoms with Crippen LogP contribution in [0.5, 0.6) is 11.5 Å². The molecular formula is C32H27FN4O4. The Morgan fingerprint density at radius 1 is 1.00 bits per heavy atom. The van der Waals surface area contributed by atoms with E-state index in [1.165, 1.54) is 6.07 Å². The zero-order valence-electron chi connectivity index (χ0n) is 22.2. The summed E-state index contributed by atoms with van der Waals surface area (Å²) in [6, 6.07) is 20.4. The van der Waals surface area contributed by atoms with Gasteiger partial charge in [-0.2, -0.15) is 0 Å². The quantitative estimate of drug-likeness (QED) is 0.290. The van der Waals surface area contributed by atoms with Gasteiger partial charge in [0.05, 0.1) is 24.3 Å². The van der Waals surface area contributed by atoms with Gasteiger partial charge in [0.15, 0.2) is 17.3 Å². The molecule has 2 aliphatic rings. The Balaban J connectivity index is 1.39. The summed E-state index contributed by atoms with van der Waals surface area (Å²) in [6.07, 6.45) is 2.19. The Bertz CT molecular complexity index is 1900. The first-order chi connectivity index (χ1) is 20.0. The molecule has 1 amide bonds. The molecule has 0 unspecified atom stereocenters. The Labute approximate surface area is 234 Å². The van der Waals surface area contributed by atoms with Crippen molar-refractivity contribution < 1.29 is 18.7 Å². The van der Waals surface area contributed by atoms with Gasteiger partial charge in [0.25, 0.3) is 5.91 Å². The van der Waals surface area contributed by atoms with Crippen molar-refractivity contribution in [2.45, 2.75) is 6.42 Å². The van der Waals surface area contributed by atoms with Crippen LogP contribution < -0.4 is 21.2 Å². The molecule has 8 nitrogen and oxygen atoms in total. The average Bonchev–Trinajstić information content (AvgIpc) is 3.00. The maximum Gasteiger partial charge on any atom is 0.259 e. The van der Waals surface area contributed by atoms with Crippen molar-refractivity contribution in [3.8, 4) is 17.2 Å². The number of fused-ring (bicyclic) bond motifs is 3. The van der Waals surface area contributed by atoms with Gasteiger partial charge in [-0.1, -0.05) is 36.4 Å². The van der Waals surface area contributed by atoms with E-state index in [0.717, 1.165) is 16.3 Å². The van der Waals surface area contributed by atoms with E-state index in [1.54, 1.807) is 15.7 Å². The number of rotatable bonds is 5. The third-order valence-electron chi connectivity index (χ3n) is 7.72. The molecule has 7 rings (SSSR count). The molecule has 0 saturated carbocycles. The Morgan fingerprint density at radius 3 is 2.49 bits per heavy atom. The second kappa shape index (κ2) is 9.94. The van der Waals surface area contributed by atoms with Crippen LogP contribution >= 0.6 is 0 Å². The highest BCUT2D eigenvalue weighted by Crippen LogP contribution is 2.46. The van der Waals surface area contributed by atoms with Gasteiger partial charge in [-0.05, 0) is 53.1 Å². The van der Waals surface area contributed by atoms with Gasteiger partial charge in [0.1, 0.15) is 16.8 Å². The molecular weight excluding hydrogens is 523 g/mol. The second-order valence-electron chi connectivity index (χ2n) is 10.3. The number of halogens is 1. The lowest BCUT2D eigenvalue weighted by Gasteiger charge is -2.29. The first-order valence-corrected chi connectivity index (χ1v) is 13.6. The number of anilines is 2. The summed E-state index contributed by atoms with van der Waals surface area (Å²) in [5.74, 6) is -0.320. The molecule has 3 N–H and O–H groups in total. The first-order valence-electron chi connectivity index (χ1n) is 13.6. The molecule has 1 aromatic heterocycles. The molecule has 3 heterocycles. The summed E-state index contributed by atoms with van der Waals surface area (Å²) < 4.78 is 29.3. The zero-order chi connectivity index (χ0) is 28.1. The van der Waals surface area contributed by atoms with Crippen LogP contribution in [0.1, 0.15) is 15.9 Å². The first kappa shape index (κ1) is 25.1. The van der Waals surface area contributed by atoms with Crippen LogP contribution in [-0.4, -0.2) is 48.2 Å². The van der Waals surface area contributed by atoms with Crippen molar-refractivity contribution in [2.75, 3.05) is 43.9 Å². The Hall–Kier alpha value is -4.89. The van der Waals surface area contributed by atoms with Gasteiger partial charge in [-0.15, -0.1) is 0 Å². The van der Waals surface area contributed by atoms with Gasteiger partial charge >= 0.3 is 0 Å². The van der Waals surface area contributed by atoms with Crippen LogP contribution in [0.3, 0.4) is 0 Å². The number of aromatic nitrogens is 1. The predicted molar refractivity (Wildman–Crippen MR) is 157 cm³/mol. The molecule has 206 valence electrons. The van der Waals surface area contributed by atoms with Gasteiger partial charge in [0.2, 0.25) is 5.43 Å². The number of pyridine rings is 1. The van der Waals surface area contributed by atoms with E-state index in [4.69, 9.17) is 15.2 Å². The summed E-state index contributed by atoms with van der Waals surface area (Å²) in [7, 11) is 0. The summed E-state index contributed by atoms with van der Waals surface area (Å²) in [5, 5.41) is 5.19. The van der Waals surface area contributed by atoms with Crippen molar-refractivity contribution in [2.24, 2.45) is 0 Å². The minimum atomic E-state index is -0.631. The number of nitrogens with two attached hydrogens (primary N) is 1. The fourth-order valence-corrected chi connectivity index (χ4v) is 5.57. The van der Waals surface area contributed by atoms with Gasteiger partial charge < -0.3 is 30.0 Å². The van der Waals surface area contributed by atoms with Crippen LogP contribution in [0.15, 0.2) is 77.7 Å². The largest absolute Gasteiger partial charge is 0.451 e. The van der Waals surface area contributed by atoms with E-state index in [0.29, 0.717) is 61.9 Å². The molecule has 4 aromatic carbocycles. The predicted octanol–water partition coefficient (Wildman–Crippen LogP) is 5.10. The second-order valence-corrected chi connectivity index (χ2v) is 10.3. The highest BCUT2D eigenvalue weighted by molar-refractivity contribution is 6.02. The number of ether oxygens (including phenoxy) is 2. The number of morpholine rings is 1. The molecule has 0 radical (unpaired) electrons. The molecule has 0 atom stereocenters. The van der Waals surface area contributed by atoms with Crippen molar-refractivity contribution in [1.82, 2.24) is 9.47 Å². The van der Waals surface area contributed by atoms with E-state index in [1.807, 2.05) is 60.7 Å². The van der Waals surface area contributed by atoms with Crippen molar-refractivity contribution in [3.63, 3.8) is 0 Å². The van der Waals surface area contributed by atoms with Crippen LogP contribution in [-0.2, 0) is 11.2 Å². The lowest BCUT2D eigenvalue weighted by atomic mass is 10.0. The summed E-state index contributed by atoms with van der Waals surface area (Å²) in [6.45, 7) is 2.00. The minimum Gasteiger partial charge on any atom is -0.451 e. The number of benzene rings is 4. The number of hydrogen-bond donors (Lipinski definition) is 2. The van der Waals surface area contributed by atoms with Gasteiger partial charge in [-0.3, -0.25) is 9.59 Å². The number of nitrogens with one attached hydrogen (secondary N) is 1. The minimum absolute atomic E-state index is 0.0187. The molecule has 9 heteroatoms. The van der Waals surface area contributed by atoms with Gasteiger partial charge in [-0.25, -0.2) is 4.39 Å². The standard InChI is InChI=1S/C32H27FN4O4/c33-25-17-23-29-31(28(25)35-10-9-19-5-7-22(34)8-6-19)41-27-16-21-4-2-1-3-20(21)15-26(27)37(29)18-24(30(23)38)32(39)36-11-13-40-14-12-36/h1-8,15-18,35H,9-14,34H2. The van der Waals surface area contributed by atoms with Crippen LogP contribution in [0.2, 0.25) is 0 Å². The van der Waals surface area contributed by atoms with Crippen LogP contribution in [0, 0.1) is 5.82 Å². The SMILES string of the molecule is Nc1ccc(CCNc2c(F)cc3c(=O)c(C(=O)N4CCOCC4)cn4c3c2Oc2cc3ccccc3cc2-4)cc1. The molecule has 0 spiro atoms. The number of amides is 1. The van der Waals surface area contributed by atoms with E-state index in [2.05, 4.69) is 5.32 Å². The summed E-state index contributed by atoms with van der Waals surface area (Å²) >= 11 is 0. The smallest absolute Gasteiger partial charge is 0.259 e. The molecule has 0 bridgehead atoms. The number of nitrogen functional groups attached to an aromatic ring is 1. The highest BCUT2D eigenvalue weighted by atomic mass is 19.1. The Morgan fingerprint density at radius 2 is 1.73 bits per heavy atom. The topological polar surface area (TPSA) is 98.8 Å². The number of carbonyl (C=O) groups excluding carboxylic acids is 1. The normalized spacial score (nSPS) is 14.1. The van der Waals surface area contributed by atoms with Crippen LogP contribution in [0.4, 0.5) is 15.8 Å². The van der Waals surface area contributed by atoms with Crippen molar-refractivity contribution in [3.05, 3.63) is 100 Å². The van der Waals surface area contributed by atoms with Gasteiger partial charge in [0, 0.05) is 31.5 Å². The fourth-order valence-electron chi connectivity index (χ4n) is 5.57. The molecule has 5 aromatic rings. The molecule has 2 aliphatic heterocycles. The maximum atomic E-state index is 15.8. The van der Waals surface area contributed by atoms with E-state index in [-0.39, 0.29) is 22.4 Å². The maximum absolute atomic E-state index is 15.8. The van der Waals surface area contributed by atoms with E-state index >= 15 is 4.39 Å². The van der Waals surface area contributed by atoms with Crippen LogP contribution in [0.25, 0.3) is 27.4 Å². The molecule has 1 fully saturated rings.